The molecule has 3 nitrogen and oxygen atoms in total. The molecule has 0 heterocycles. The molecule has 0 spiro atoms. The highest BCUT2D eigenvalue weighted by Gasteiger charge is 2.33. The molecule has 0 aliphatic heterocycles. The fourth-order valence-corrected chi connectivity index (χ4v) is 3.04. The molecule has 0 unspecified atom stereocenters. The highest BCUT2D eigenvalue weighted by atomic mass is 16.3. The average molecular weight is 289 g/mol. The zero-order valence-electron chi connectivity index (χ0n) is 13.6. The Morgan fingerprint density at radius 2 is 1.71 bits per heavy atom. The van der Waals surface area contributed by atoms with Gasteiger partial charge in [-0.25, -0.2) is 0 Å². The minimum absolute atomic E-state index is 0.0178. The van der Waals surface area contributed by atoms with E-state index >= 15 is 0 Å². The van der Waals surface area contributed by atoms with E-state index in [0.29, 0.717) is 12.1 Å². The Bertz CT molecular complexity index is 493. The molecule has 1 aliphatic carbocycles. The van der Waals surface area contributed by atoms with Crippen molar-refractivity contribution >= 4 is 5.91 Å². The fraction of sp³-hybridized carbons (Fsp3) is 0.611. The third-order valence-corrected chi connectivity index (χ3v) is 4.41. The summed E-state index contributed by atoms with van der Waals surface area (Å²) in [4.78, 5) is 14.1. The third-order valence-electron chi connectivity index (χ3n) is 4.41. The van der Waals surface area contributed by atoms with Gasteiger partial charge in [-0.15, -0.1) is 0 Å². The maximum absolute atomic E-state index is 12.5. The zero-order chi connectivity index (χ0) is 15.7. The van der Waals surface area contributed by atoms with E-state index in [-0.39, 0.29) is 11.3 Å². The largest absolute Gasteiger partial charge is 0.388 e. The van der Waals surface area contributed by atoms with E-state index in [2.05, 4.69) is 20.8 Å². The summed E-state index contributed by atoms with van der Waals surface area (Å²) < 4.78 is 0. The molecule has 0 saturated heterocycles. The second-order valence-corrected chi connectivity index (χ2v) is 7.42. The summed E-state index contributed by atoms with van der Waals surface area (Å²) in [7, 11) is 1.77. The third kappa shape index (κ3) is 3.85. The number of carbonyl (C=O) groups excluding carboxylic acids is 1. The van der Waals surface area contributed by atoms with Crippen molar-refractivity contribution in [2.45, 2.75) is 57.5 Å². The average Bonchev–Trinajstić information content (AvgIpc) is 2.83. The number of hydrogen-bond acceptors (Lipinski definition) is 2. The van der Waals surface area contributed by atoms with Crippen molar-refractivity contribution in [2.24, 2.45) is 0 Å². The molecule has 0 radical (unpaired) electrons. The normalized spacial score (nSPS) is 17.8. The molecule has 116 valence electrons. The first kappa shape index (κ1) is 16.0. The van der Waals surface area contributed by atoms with Crippen molar-refractivity contribution < 1.29 is 9.90 Å². The number of carbonyl (C=O) groups is 1. The lowest BCUT2D eigenvalue weighted by Gasteiger charge is -2.28. The van der Waals surface area contributed by atoms with Gasteiger partial charge in [0.1, 0.15) is 0 Å². The fourth-order valence-electron chi connectivity index (χ4n) is 3.04. The predicted octanol–water partition coefficient (Wildman–Crippen LogP) is 3.36. The highest BCUT2D eigenvalue weighted by Crippen LogP contribution is 2.30. The molecule has 3 heteroatoms. The lowest BCUT2D eigenvalue weighted by atomic mass is 9.86. The van der Waals surface area contributed by atoms with Crippen LogP contribution in [-0.4, -0.2) is 35.1 Å². The first-order chi connectivity index (χ1) is 9.71. The van der Waals surface area contributed by atoms with Crippen LogP contribution in [-0.2, 0) is 5.41 Å². The lowest BCUT2D eigenvalue weighted by molar-refractivity contribution is 0.0157. The van der Waals surface area contributed by atoms with Crippen LogP contribution in [0.3, 0.4) is 0 Å². The molecule has 1 saturated carbocycles. The van der Waals surface area contributed by atoms with Gasteiger partial charge in [-0.3, -0.25) is 4.79 Å². The summed E-state index contributed by atoms with van der Waals surface area (Å²) in [6.07, 6.45) is 3.71. The van der Waals surface area contributed by atoms with Gasteiger partial charge in [0.25, 0.3) is 5.91 Å². The van der Waals surface area contributed by atoms with Gasteiger partial charge < -0.3 is 10.0 Å². The number of benzene rings is 1. The van der Waals surface area contributed by atoms with Crippen LogP contribution in [0.2, 0.25) is 0 Å². The van der Waals surface area contributed by atoms with Crippen molar-refractivity contribution in [3.05, 3.63) is 35.4 Å². The van der Waals surface area contributed by atoms with Gasteiger partial charge in [0.05, 0.1) is 5.60 Å². The smallest absolute Gasteiger partial charge is 0.253 e. The van der Waals surface area contributed by atoms with Crippen LogP contribution in [0.1, 0.15) is 62.4 Å². The molecule has 1 N–H and O–H groups in total. The Morgan fingerprint density at radius 3 is 2.19 bits per heavy atom. The van der Waals surface area contributed by atoms with Gasteiger partial charge in [0, 0.05) is 19.2 Å². The molecular formula is C18H27NO2. The van der Waals surface area contributed by atoms with Crippen LogP contribution in [0.4, 0.5) is 0 Å². The van der Waals surface area contributed by atoms with Crippen LogP contribution in [0, 0.1) is 0 Å². The summed E-state index contributed by atoms with van der Waals surface area (Å²) in [6, 6.07) is 7.81. The summed E-state index contributed by atoms with van der Waals surface area (Å²) in [5.41, 5.74) is 1.31. The quantitative estimate of drug-likeness (QED) is 0.927. The summed E-state index contributed by atoms with van der Waals surface area (Å²) in [5.74, 6) is -0.0178. The molecular weight excluding hydrogens is 262 g/mol. The van der Waals surface area contributed by atoms with Gasteiger partial charge in [-0.05, 0) is 36.0 Å². The second-order valence-electron chi connectivity index (χ2n) is 7.42. The second kappa shape index (κ2) is 5.80. The van der Waals surface area contributed by atoms with E-state index < -0.39 is 5.60 Å². The molecule has 0 atom stereocenters. The van der Waals surface area contributed by atoms with Crippen LogP contribution in [0.5, 0.6) is 0 Å². The van der Waals surface area contributed by atoms with Gasteiger partial charge in [-0.2, -0.15) is 0 Å². The van der Waals surface area contributed by atoms with Crippen LogP contribution < -0.4 is 0 Å². The predicted molar refractivity (Wildman–Crippen MR) is 85.5 cm³/mol. The molecule has 0 bridgehead atoms. The molecule has 1 aromatic rings. The van der Waals surface area contributed by atoms with Crippen LogP contribution >= 0.6 is 0 Å². The van der Waals surface area contributed by atoms with Crippen molar-refractivity contribution in [1.82, 2.24) is 4.90 Å². The standard InChI is InChI=1S/C18H27NO2/c1-17(2,3)15-9-7-14(8-10-15)16(20)19(4)13-18(21)11-5-6-12-18/h7-10,21H,5-6,11-13H2,1-4H3. The molecule has 2 rings (SSSR count). The molecule has 1 fully saturated rings. The van der Waals surface area contributed by atoms with Crippen LogP contribution in [0.25, 0.3) is 0 Å². The summed E-state index contributed by atoms with van der Waals surface area (Å²) in [6.45, 7) is 6.90. The number of likely N-dealkylation sites (N-methyl/N-ethyl adjacent to an activating group) is 1. The molecule has 0 aromatic heterocycles. The first-order valence-corrected chi connectivity index (χ1v) is 7.80. The number of amides is 1. The minimum Gasteiger partial charge on any atom is -0.388 e. The summed E-state index contributed by atoms with van der Waals surface area (Å²) in [5, 5.41) is 10.4. The highest BCUT2D eigenvalue weighted by molar-refractivity contribution is 5.94. The molecule has 1 aliphatic rings. The lowest BCUT2D eigenvalue weighted by Crippen LogP contribution is -2.42. The number of rotatable bonds is 3. The van der Waals surface area contributed by atoms with Crippen molar-refractivity contribution in [3.63, 3.8) is 0 Å². The minimum atomic E-state index is -0.685. The molecule has 1 amide bonds. The first-order valence-electron chi connectivity index (χ1n) is 7.80. The maximum atomic E-state index is 12.5. The van der Waals surface area contributed by atoms with E-state index in [1.54, 1.807) is 11.9 Å². The molecule has 1 aromatic carbocycles. The van der Waals surface area contributed by atoms with E-state index in [1.807, 2.05) is 24.3 Å². The van der Waals surface area contributed by atoms with E-state index in [0.717, 1.165) is 25.7 Å². The number of aliphatic hydroxyl groups is 1. The van der Waals surface area contributed by atoms with Gasteiger partial charge in [-0.1, -0.05) is 45.7 Å². The van der Waals surface area contributed by atoms with Crippen molar-refractivity contribution in [2.75, 3.05) is 13.6 Å². The van der Waals surface area contributed by atoms with Crippen LogP contribution in [0.15, 0.2) is 24.3 Å². The summed E-state index contributed by atoms with van der Waals surface area (Å²) >= 11 is 0. The molecule has 21 heavy (non-hydrogen) atoms. The van der Waals surface area contributed by atoms with E-state index in [4.69, 9.17) is 0 Å². The van der Waals surface area contributed by atoms with Crippen molar-refractivity contribution in [3.8, 4) is 0 Å². The van der Waals surface area contributed by atoms with Gasteiger partial charge in [0.2, 0.25) is 0 Å². The Morgan fingerprint density at radius 1 is 1.19 bits per heavy atom. The maximum Gasteiger partial charge on any atom is 0.253 e. The SMILES string of the molecule is CN(CC1(O)CCCC1)C(=O)c1ccc(C(C)(C)C)cc1. The van der Waals surface area contributed by atoms with E-state index in [1.165, 1.54) is 5.56 Å². The van der Waals surface area contributed by atoms with E-state index in [9.17, 15) is 9.90 Å². The Hall–Kier alpha value is -1.35. The zero-order valence-corrected chi connectivity index (χ0v) is 13.6. The number of hydrogen-bond donors (Lipinski definition) is 1. The topological polar surface area (TPSA) is 40.5 Å². The Labute approximate surface area is 128 Å². The Kier molecular flexibility index (Phi) is 4.43. The van der Waals surface area contributed by atoms with Gasteiger partial charge in [0.15, 0.2) is 0 Å². The monoisotopic (exact) mass is 289 g/mol. The van der Waals surface area contributed by atoms with Gasteiger partial charge >= 0.3 is 0 Å². The van der Waals surface area contributed by atoms with Crippen molar-refractivity contribution in [1.29, 1.82) is 0 Å². The number of nitrogens with zero attached hydrogens (tertiary/aromatic N) is 1. The Balaban J connectivity index is 2.05.